The highest BCUT2D eigenvalue weighted by Gasteiger charge is 2.16. The Balaban J connectivity index is 1.62. The van der Waals surface area contributed by atoms with E-state index in [-0.39, 0.29) is 19.6 Å². The van der Waals surface area contributed by atoms with E-state index in [1.54, 1.807) is 18.3 Å². The number of carbonyl (C=O) groups is 1. The van der Waals surface area contributed by atoms with Crippen molar-refractivity contribution in [2.45, 2.75) is 26.6 Å². The minimum Gasteiger partial charge on any atom is -0.494 e. The maximum atomic E-state index is 12.9. The Morgan fingerprint density at radius 2 is 1.67 bits per heavy atom. The number of pyridine rings is 1. The van der Waals surface area contributed by atoms with Crippen molar-refractivity contribution >= 4 is 17.1 Å². The Bertz CT molecular complexity index is 1390. The third kappa shape index (κ3) is 4.85. The van der Waals surface area contributed by atoms with Gasteiger partial charge < -0.3 is 10.1 Å². The van der Waals surface area contributed by atoms with Crippen LogP contribution in [0.5, 0.6) is 5.75 Å². The maximum absolute atomic E-state index is 12.9. The fourth-order valence-corrected chi connectivity index (χ4v) is 3.65. The van der Waals surface area contributed by atoms with Crippen LogP contribution in [0.4, 0.5) is 0 Å². The molecule has 0 radical (unpaired) electrons. The molecule has 0 aliphatic heterocycles. The molecule has 0 bridgehead atoms. The first-order valence-electron chi connectivity index (χ1n) is 10.7. The molecule has 2 aromatic carbocycles. The minimum atomic E-state index is -0.767. The van der Waals surface area contributed by atoms with Gasteiger partial charge in [0, 0.05) is 18.3 Å². The lowest BCUT2D eigenvalue weighted by Crippen LogP contribution is -2.44. The predicted octanol–water partition coefficient (Wildman–Crippen LogP) is 2.32. The van der Waals surface area contributed by atoms with Crippen molar-refractivity contribution in [3.8, 4) is 5.75 Å². The lowest BCUT2D eigenvalue weighted by molar-refractivity contribution is -0.121. The minimum absolute atomic E-state index is 0.212. The normalized spacial score (nSPS) is 10.8. The molecular formula is C25H24N4O4. The average Bonchev–Trinajstić information content (AvgIpc) is 2.85. The van der Waals surface area contributed by atoms with Gasteiger partial charge in [0.2, 0.25) is 5.91 Å². The van der Waals surface area contributed by atoms with E-state index < -0.39 is 17.0 Å². The summed E-state index contributed by atoms with van der Waals surface area (Å²) in [5.74, 6) is 0.296. The number of fused-ring (bicyclic) bond motifs is 1. The number of nitrogens with zero attached hydrogens (tertiary/aromatic N) is 3. The molecular weight excluding hydrogens is 420 g/mol. The average molecular weight is 444 g/mol. The zero-order valence-corrected chi connectivity index (χ0v) is 18.2. The highest BCUT2D eigenvalue weighted by atomic mass is 16.5. The summed E-state index contributed by atoms with van der Waals surface area (Å²) < 4.78 is 8.11. The highest BCUT2D eigenvalue weighted by molar-refractivity contribution is 5.78. The summed E-state index contributed by atoms with van der Waals surface area (Å²) in [7, 11) is 0. The molecule has 168 valence electrons. The first-order chi connectivity index (χ1) is 16.1. The van der Waals surface area contributed by atoms with Crippen LogP contribution in [0.3, 0.4) is 0 Å². The molecule has 0 atom stereocenters. The molecule has 4 rings (SSSR count). The van der Waals surface area contributed by atoms with Gasteiger partial charge >= 0.3 is 11.1 Å². The summed E-state index contributed by atoms with van der Waals surface area (Å²) in [5, 5.41) is 2.80. The Labute approximate surface area is 190 Å². The molecule has 0 unspecified atom stereocenters. The molecule has 4 aromatic rings. The Kier molecular flexibility index (Phi) is 6.64. The number of aromatic nitrogens is 3. The van der Waals surface area contributed by atoms with Crippen molar-refractivity contribution in [1.29, 1.82) is 0 Å². The van der Waals surface area contributed by atoms with Crippen molar-refractivity contribution in [3.05, 3.63) is 105 Å². The smallest absolute Gasteiger partial charge is 0.318 e. The van der Waals surface area contributed by atoms with Crippen LogP contribution in [0.1, 0.15) is 18.1 Å². The van der Waals surface area contributed by atoms with Gasteiger partial charge in [-0.2, -0.15) is 0 Å². The maximum Gasteiger partial charge on any atom is 0.318 e. The van der Waals surface area contributed by atoms with Crippen LogP contribution in [0.25, 0.3) is 11.2 Å². The number of ether oxygens (including phenoxy) is 1. The van der Waals surface area contributed by atoms with E-state index in [1.807, 2.05) is 61.5 Å². The largest absolute Gasteiger partial charge is 0.494 e. The quantitative estimate of drug-likeness (QED) is 0.421. The van der Waals surface area contributed by atoms with Gasteiger partial charge in [-0.05, 0) is 30.7 Å². The van der Waals surface area contributed by atoms with Crippen LogP contribution in [0.15, 0.2) is 82.5 Å². The number of benzene rings is 2. The van der Waals surface area contributed by atoms with Crippen LogP contribution >= 0.6 is 0 Å². The van der Waals surface area contributed by atoms with E-state index in [2.05, 4.69) is 10.3 Å². The van der Waals surface area contributed by atoms with Gasteiger partial charge in [0.15, 0.2) is 5.65 Å². The third-order valence-electron chi connectivity index (χ3n) is 5.22. The van der Waals surface area contributed by atoms with E-state index in [0.29, 0.717) is 23.5 Å². The van der Waals surface area contributed by atoms with E-state index in [0.717, 1.165) is 11.1 Å². The van der Waals surface area contributed by atoms with Crippen molar-refractivity contribution in [1.82, 2.24) is 19.4 Å². The number of hydrogen-bond donors (Lipinski definition) is 1. The van der Waals surface area contributed by atoms with Crippen LogP contribution in [-0.4, -0.2) is 26.6 Å². The molecule has 0 saturated carbocycles. The van der Waals surface area contributed by atoms with Crippen molar-refractivity contribution in [2.24, 2.45) is 0 Å². The Hall–Kier alpha value is -4.20. The van der Waals surface area contributed by atoms with Gasteiger partial charge in [-0.1, -0.05) is 48.5 Å². The molecule has 0 aliphatic rings. The summed E-state index contributed by atoms with van der Waals surface area (Å²) in [5.41, 5.74) is 0.971. The molecule has 0 fully saturated rings. The molecule has 0 spiro atoms. The summed E-state index contributed by atoms with van der Waals surface area (Å²) in [6.07, 6.45) is 1.56. The molecule has 8 heteroatoms. The van der Waals surface area contributed by atoms with Crippen LogP contribution in [0, 0.1) is 0 Å². The standard InChI is InChI=1S/C25H24N4O4/c1-2-33-21-13-7-6-11-19(21)15-27-22(30)17-28-20-12-8-14-26-23(20)29(25(32)24(28)31)16-18-9-4-3-5-10-18/h3-14H,2,15-17H2,1H3,(H,27,30). The number of para-hydroxylation sites is 1. The van der Waals surface area contributed by atoms with Crippen LogP contribution < -0.4 is 21.2 Å². The lowest BCUT2D eigenvalue weighted by atomic mass is 10.2. The monoisotopic (exact) mass is 444 g/mol. The fourth-order valence-electron chi connectivity index (χ4n) is 3.65. The molecule has 2 aromatic heterocycles. The zero-order valence-electron chi connectivity index (χ0n) is 18.2. The summed E-state index contributed by atoms with van der Waals surface area (Å²) in [4.78, 5) is 42.9. The second-order valence-electron chi connectivity index (χ2n) is 7.43. The van der Waals surface area contributed by atoms with Crippen LogP contribution in [0.2, 0.25) is 0 Å². The van der Waals surface area contributed by atoms with E-state index in [1.165, 1.54) is 9.13 Å². The number of rotatable bonds is 8. The molecule has 0 aliphatic carbocycles. The predicted molar refractivity (Wildman–Crippen MR) is 125 cm³/mol. The molecule has 1 amide bonds. The van der Waals surface area contributed by atoms with Gasteiger partial charge in [-0.25, -0.2) is 4.98 Å². The molecule has 8 nitrogen and oxygen atoms in total. The van der Waals surface area contributed by atoms with Gasteiger partial charge in [0.05, 0.1) is 18.7 Å². The summed E-state index contributed by atoms with van der Waals surface area (Å²) in [6.45, 7) is 2.56. The molecule has 0 saturated heterocycles. The molecule has 33 heavy (non-hydrogen) atoms. The van der Waals surface area contributed by atoms with Gasteiger partial charge in [-0.3, -0.25) is 23.5 Å². The van der Waals surface area contributed by atoms with E-state index in [9.17, 15) is 14.4 Å². The second kappa shape index (κ2) is 9.95. The first-order valence-corrected chi connectivity index (χ1v) is 10.7. The van der Waals surface area contributed by atoms with Gasteiger partial charge in [0.1, 0.15) is 12.3 Å². The number of nitrogens with one attached hydrogen (secondary N) is 1. The van der Waals surface area contributed by atoms with Gasteiger partial charge in [-0.15, -0.1) is 0 Å². The third-order valence-corrected chi connectivity index (χ3v) is 5.22. The molecule has 1 N–H and O–H groups in total. The van der Waals surface area contributed by atoms with Crippen LogP contribution in [-0.2, 0) is 24.4 Å². The number of carbonyl (C=O) groups excluding carboxylic acids is 1. The SMILES string of the molecule is CCOc1ccccc1CNC(=O)Cn1c(=O)c(=O)n(Cc2ccccc2)c2ncccc21. The van der Waals surface area contributed by atoms with E-state index >= 15 is 0 Å². The van der Waals surface area contributed by atoms with E-state index in [4.69, 9.17) is 4.74 Å². The number of hydrogen-bond acceptors (Lipinski definition) is 5. The van der Waals surface area contributed by atoms with Crippen molar-refractivity contribution in [2.75, 3.05) is 6.61 Å². The Morgan fingerprint density at radius 3 is 2.45 bits per heavy atom. The van der Waals surface area contributed by atoms with Crippen molar-refractivity contribution < 1.29 is 9.53 Å². The second-order valence-corrected chi connectivity index (χ2v) is 7.43. The topological polar surface area (TPSA) is 95.2 Å². The molecule has 2 heterocycles. The summed E-state index contributed by atoms with van der Waals surface area (Å²) in [6, 6.07) is 20.1. The Morgan fingerprint density at radius 1 is 0.939 bits per heavy atom. The van der Waals surface area contributed by atoms with Crippen molar-refractivity contribution in [3.63, 3.8) is 0 Å². The fraction of sp³-hybridized carbons (Fsp3) is 0.200. The first kappa shape index (κ1) is 22.0. The van der Waals surface area contributed by atoms with Gasteiger partial charge in [0.25, 0.3) is 0 Å². The number of amides is 1. The highest BCUT2D eigenvalue weighted by Crippen LogP contribution is 2.17. The lowest BCUT2D eigenvalue weighted by Gasteiger charge is -2.15. The zero-order chi connectivity index (χ0) is 23.2. The summed E-state index contributed by atoms with van der Waals surface area (Å²) >= 11 is 0.